The largest absolute Gasteiger partial charge is 0.326 e. The Bertz CT molecular complexity index is 464. The first-order chi connectivity index (χ1) is 6.91. The Kier molecular flexibility index (Phi) is 2.35. The van der Waals surface area contributed by atoms with E-state index < -0.39 is 9.84 Å². The Labute approximate surface area is 90.2 Å². The number of hydrogen-bond donors (Lipinski definition) is 1. The Balaban J connectivity index is 2.26. The van der Waals surface area contributed by atoms with Gasteiger partial charge in [-0.2, -0.15) is 0 Å². The van der Waals surface area contributed by atoms with Crippen molar-refractivity contribution < 1.29 is 8.42 Å². The number of nitrogens with two attached hydrogens (primary N) is 1. The van der Waals surface area contributed by atoms with Crippen molar-refractivity contribution in [3.63, 3.8) is 0 Å². The molecule has 1 aliphatic carbocycles. The zero-order chi connectivity index (χ0) is 11.2. The molecule has 3 nitrogen and oxygen atoms in total. The van der Waals surface area contributed by atoms with Gasteiger partial charge in [-0.15, -0.1) is 0 Å². The highest BCUT2D eigenvalue weighted by Gasteiger charge is 2.54. The van der Waals surface area contributed by atoms with Crippen LogP contribution in [0.2, 0.25) is 0 Å². The van der Waals surface area contributed by atoms with E-state index in [0.29, 0.717) is 0 Å². The van der Waals surface area contributed by atoms with E-state index in [0.717, 1.165) is 5.56 Å². The molecule has 1 aromatic carbocycles. The second-order valence-corrected chi connectivity index (χ2v) is 6.51. The molecule has 0 bridgehead atoms. The van der Waals surface area contributed by atoms with Crippen LogP contribution < -0.4 is 5.73 Å². The third kappa shape index (κ3) is 1.92. The molecule has 4 heteroatoms. The minimum absolute atomic E-state index is 0.0133. The van der Waals surface area contributed by atoms with Crippen molar-refractivity contribution in [1.82, 2.24) is 0 Å². The summed E-state index contributed by atoms with van der Waals surface area (Å²) in [6.07, 6.45) is 1.26. The molecule has 1 aromatic rings. The summed E-state index contributed by atoms with van der Waals surface area (Å²) in [6.45, 7) is 2.00. The lowest BCUT2D eigenvalue weighted by Gasteiger charge is -1.99. The van der Waals surface area contributed by atoms with Crippen LogP contribution in [0.15, 0.2) is 24.3 Å². The minimum atomic E-state index is -3.01. The van der Waals surface area contributed by atoms with Crippen LogP contribution in [0, 0.1) is 6.92 Å². The molecule has 0 heterocycles. The van der Waals surface area contributed by atoms with E-state index >= 15 is 0 Å². The Morgan fingerprint density at radius 2 is 1.73 bits per heavy atom. The quantitative estimate of drug-likeness (QED) is 0.811. The predicted octanol–water partition coefficient (Wildman–Crippen LogP) is 0.833. The average molecular weight is 225 g/mol. The highest BCUT2D eigenvalue weighted by Crippen LogP contribution is 2.44. The molecule has 0 saturated heterocycles. The lowest BCUT2D eigenvalue weighted by Crippen LogP contribution is -2.13. The van der Waals surface area contributed by atoms with Gasteiger partial charge in [0.1, 0.15) is 0 Å². The van der Waals surface area contributed by atoms with Crippen LogP contribution in [0.1, 0.15) is 17.0 Å². The molecule has 2 N–H and O–H groups in total. The van der Waals surface area contributed by atoms with Crippen molar-refractivity contribution >= 4 is 9.84 Å². The molecule has 1 fully saturated rings. The normalized spacial score (nSPS) is 30.2. The van der Waals surface area contributed by atoms with E-state index in [4.69, 9.17) is 5.73 Å². The van der Waals surface area contributed by atoms with Crippen LogP contribution in [0.25, 0.3) is 0 Å². The monoisotopic (exact) mass is 225 g/mol. The highest BCUT2D eigenvalue weighted by molar-refractivity contribution is 7.91. The van der Waals surface area contributed by atoms with Gasteiger partial charge in [-0.05, 0) is 12.5 Å². The zero-order valence-corrected chi connectivity index (χ0v) is 9.66. The number of rotatable bonds is 2. The van der Waals surface area contributed by atoms with E-state index in [9.17, 15) is 8.42 Å². The Morgan fingerprint density at radius 1 is 1.20 bits per heavy atom. The molecule has 3 unspecified atom stereocenters. The van der Waals surface area contributed by atoms with Gasteiger partial charge >= 0.3 is 0 Å². The maximum absolute atomic E-state index is 11.4. The van der Waals surface area contributed by atoms with Crippen LogP contribution in [0.5, 0.6) is 0 Å². The number of benzene rings is 1. The van der Waals surface area contributed by atoms with Gasteiger partial charge in [-0.25, -0.2) is 8.42 Å². The molecule has 0 aromatic heterocycles. The number of sulfone groups is 1. The maximum atomic E-state index is 11.4. The minimum Gasteiger partial charge on any atom is -0.326 e. The molecule has 0 radical (unpaired) electrons. The fourth-order valence-corrected chi connectivity index (χ4v) is 3.58. The van der Waals surface area contributed by atoms with Crippen molar-refractivity contribution in [2.75, 3.05) is 6.26 Å². The van der Waals surface area contributed by atoms with Crippen molar-refractivity contribution in [3.05, 3.63) is 35.4 Å². The molecule has 15 heavy (non-hydrogen) atoms. The summed E-state index contributed by atoms with van der Waals surface area (Å²) < 4.78 is 22.7. The molecule has 1 aliphatic rings. The summed E-state index contributed by atoms with van der Waals surface area (Å²) in [5.74, 6) is -0.0133. The first kappa shape index (κ1) is 10.6. The fraction of sp³-hybridized carbons (Fsp3) is 0.455. The topological polar surface area (TPSA) is 60.2 Å². The predicted molar refractivity (Wildman–Crippen MR) is 60.5 cm³/mol. The third-order valence-electron chi connectivity index (χ3n) is 2.96. The van der Waals surface area contributed by atoms with E-state index in [1.165, 1.54) is 11.8 Å². The first-order valence-electron chi connectivity index (χ1n) is 4.92. The Hall–Kier alpha value is -0.870. The third-order valence-corrected chi connectivity index (χ3v) is 4.56. The second-order valence-electron chi connectivity index (χ2n) is 4.31. The van der Waals surface area contributed by atoms with Crippen molar-refractivity contribution in [2.24, 2.45) is 5.73 Å². The van der Waals surface area contributed by atoms with E-state index in [1.807, 2.05) is 31.2 Å². The standard InChI is InChI=1S/C11H15NO2S/c1-7-3-5-8(6-4-7)9-10(12)11(9)15(2,13)14/h3-6,9-11H,12H2,1-2H3. The molecule has 82 valence electrons. The summed E-state index contributed by atoms with van der Waals surface area (Å²) in [6, 6.07) is 7.66. The SMILES string of the molecule is Cc1ccc(C2C(N)C2S(C)(=O)=O)cc1. The van der Waals surface area contributed by atoms with Gasteiger partial charge in [-0.1, -0.05) is 29.8 Å². The molecule has 2 rings (SSSR count). The number of aryl methyl sites for hydroxylation is 1. The van der Waals surface area contributed by atoms with Gasteiger partial charge in [0.2, 0.25) is 0 Å². The Morgan fingerprint density at radius 3 is 2.13 bits per heavy atom. The maximum Gasteiger partial charge on any atom is 0.152 e. The van der Waals surface area contributed by atoms with Crippen LogP contribution >= 0.6 is 0 Å². The zero-order valence-electron chi connectivity index (χ0n) is 8.84. The van der Waals surface area contributed by atoms with Crippen LogP contribution in [-0.2, 0) is 9.84 Å². The summed E-state index contributed by atoms with van der Waals surface area (Å²) in [5, 5.41) is -0.389. The molecular formula is C11H15NO2S. The van der Waals surface area contributed by atoms with Crippen LogP contribution in [0.3, 0.4) is 0 Å². The summed E-state index contributed by atoms with van der Waals surface area (Å²) >= 11 is 0. The van der Waals surface area contributed by atoms with Crippen molar-refractivity contribution in [2.45, 2.75) is 24.1 Å². The fourth-order valence-electron chi connectivity index (χ4n) is 2.06. The summed E-state index contributed by atoms with van der Waals surface area (Å²) in [4.78, 5) is 0. The smallest absolute Gasteiger partial charge is 0.152 e. The van der Waals surface area contributed by atoms with Crippen LogP contribution in [-0.4, -0.2) is 26.0 Å². The highest BCUT2D eigenvalue weighted by atomic mass is 32.2. The van der Waals surface area contributed by atoms with Crippen molar-refractivity contribution in [3.8, 4) is 0 Å². The van der Waals surface area contributed by atoms with Gasteiger partial charge in [0.25, 0.3) is 0 Å². The number of hydrogen-bond acceptors (Lipinski definition) is 3. The van der Waals surface area contributed by atoms with Gasteiger partial charge in [0, 0.05) is 18.2 Å². The van der Waals surface area contributed by atoms with Gasteiger partial charge in [0.05, 0.1) is 5.25 Å². The summed E-state index contributed by atoms with van der Waals surface area (Å²) in [5.41, 5.74) is 7.99. The molecule has 1 saturated carbocycles. The average Bonchev–Trinajstić information content (AvgIpc) is 2.78. The van der Waals surface area contributed by atoms with Gasteiger partial charge in [0.15, 0.2) is 9.84 Å². The molecule has 0 aliphatic heterocycles. The molecule has 0 spiro atoms. The van der Waals surface area contributed by atoms with Gasteiger partial charge in [-0.3, -0.25) is 0 Å². The van der Waals surface area contributed by atoms with E-state index in [1.54, 1.807) is 0 Å². The van der Waals surface area contributed by atoms with E-state index in [-0.39, 0.29) is 17.2 Å². The van der Waals surface area contributed by atoms with E-state index in [2.05, 4.69) is 0 Å². The summed E-state index contributed by atoms with van der Waals surface area (Å²) in [7, 11) is -3.01. The first-order valence-corrected chi connectivity index (χ1v) is 6.88. The molecule has 3 atom stereocenters. The lowest BCUT2D eigenvalue weighted by molar-refractivity contribution is 0.599. The lowest BCUT2D eigenvalue weighted by atomic mass is 10.1. The van der Waals surface area contributed by atoms with Gasteiger partial charge < -0.3 is 5.73 Å². The molecule has 0 amide bonds. The molecular weight excluding hydrogens is 210 g/mol. The van der Waals surface area contributed by atoms with Crippen LogP contribution in [0.4, 0.5) is 0 Å². The second kappa shape index (κ2) is 3.32. The van der Waals surface area contributed by atoms with Crippen molar-refractivity contribution in [1.29, 1.82) is 0 Å².